The van der Waals surface area contributed by atoms with E-state index in [4.69, 9.17) is 10.5 Å². The first-order valence-electron chi connectivity index (χ1n) is 7.07. The van der Waals surface area contributed by atoms with E-state index >= 15 is 0 Å². The van der Waals surface area contributed by atoms with E-state index in [0.29, 0.717) is 18.6 Å². The van der Waals surface area contributed by atoms with Crippen molar-refractivity contribution in [1.82, 2.24) is 4.90 Å². The van der Waals surface area contributed by atoms with E-state index in [9.17, 15) is 0 Å². The standard InChI is InChI=1S/C15H26N2OS/c1-11-10-18-8-7-17(11)12(9-16)13-5-6-14(19-13)15(2,3)4/h5-6,11-12H,7-10,16H2,1-4H3. The first-order valence-corrected chi connectivity index (χ1v) is 7.89. The number of ether oxygens (including phenoxy) is 1. The van der Waals surface area contributed by atoms with Gasteiger partial charge in [-0.1, -0.05) is 20.8 Å². The molecule has 1 aliphatic heterocycles. The monoisotopic (exact) mass is 282 g/mol. The summed E-state index contributed by atoms with van der Waals surface area (Å²) in [5, 5.41) is 0. The van der Waals surface area contributed by atoms with Crippen molar-refractivity contribution in [2.24, 2.45) is 5.73 Å². The Balaban J connectivity index is 2.19. The summed E-state index contributed by atoms with van der Waals surface area (Å²) in [4.78, 5) is 5.31. The van der Waals surface area contributed by atoms with Gasteiger partial charge >= 0.3 is 0 Å². The molecule has 1 aliphatic rings. The molecule has 2 rings (SSSR count). The van der Waals surface area contributed by atoms with Gasteiger partial charge in [-0.05, 0) is 24.5 Å². The summed E-state index contributed by atoms with van der Waals surface area (Å²) >= 11 is 1.91. The highest BCUT2D eigenvalue weighted by atomic mass is 32.1. The maximum atomic E-state index is 6.04. The average molecular weight is 282 g/mol. The van der Waals surface area contributed by atoms with E-state index in [-0.39, 0.29) is 5.41 Å². The van der Waals surface area contributed by atoms with Crippen LogP contribution in [0.3, 0.4) is 0 Å². The predicted octanol–water partition coefficient (Wildman–Crippen LogP) is 2.77. The van der Waals surface area contributed by atoms with Gasteiger partial charge in [0.05, 0.1) is 19.3 Å². The average Bonchev–Trinajstić information content (AvgIpc) is 2.82. The van der Waals surface area contributed by atoms with Crippen molar-refractivity contribution in [2.75, 3.05) is 26.3 Å². The summed E-state index contributed by atoms with van der Waals surface area (Å²) in [6.07, 6.45) is 0. The molecule has 108 valence electrons. The lowest BCUT2D eigenvalue weighted by atomic mass is 9.95. The first-order chi connectivity index (χ1) is 8.93. The highest BCUT2D eigenvalue weighted by molar-refractivity contribution is 7.12. The van der Waals surface area contributed by atoms with Crippen LogP contribution in [-0.2, 0) is 10.2 Å². The van der Waals surface area contributed by atoms with Crippen LogP contribution in [0.1, 0.15) is 43.5 Å². The quantitative estimate of drug-likeness (QED) is 0.926. The molecule has 0 aromatic carbocycles. The van der Waals surface area contributed by atoms with Gasteiger partial charge in [0.1, 0.15) is 0 Å². The second-order valence-corrected chi connectivity index (χ2v) is 7.48. The van der Waals surface area contributed by atoms with Gasteiger partial charge in [0.25, 0.3) is 0 Å². The molecule has 0 radical (unpaired) electrons. The van der Waals surface area contributed by atoms with Crippen LogP contribution in [0.15, 0.2) is 12.1 Å². The summed E-state index contributed by atoms with van der Waals surface area (Å²) in [5.41, 5.74) is 6.26. The number of hydrogen-bond donors (Lipinski definition) is 1. The highest BCUT2D eigenvalue weighted by Crippen LogP contribution is 2.35. The molecule has 2 atom stereocenters. The first kappa shape index (κ1) is 15.0. The molecular weight excluding hydrogens is 256 g/mol. The molecule has 0 aliphatic carbocycles. The third-order valence-electron chi connectivity index (χ3n) is 3.74. The third-order valence-corrected chi connectivity index (χ3v) is 5.35. The molecule has 0 bridgehead atoms. The van der Waals surface area contributed by atoms with Gasteiger partial charge in [0.15, 0.2) is 0 Å². The van der Waals surface area contributed by atoms with Gasteiger partial charge < -0.3 is 10.5 Å². The Morgan fingerprint density at radius 3 is 2.74 bits per heavy atom. The predicted molar refractivity (Wildman–Crippen MR) is 81.8 cm³/mol. The summed E-state index contributed by atoms with van der Waals surface area (Å²) < 4.78 is 5.52. The molecule has 0 spiro atoms. The Morgan fingerprint density at radius 1 is 1.47 bits per heavy atom. The minimum Gasteiger partial charge on any atom is -0.379 e. The number of rotatable bonds is 3. The fourth-order valence-corrected chi connectivity index (χ4v) is 3.75. The van der Waals surface area contributed by atoms with E-state index in [1.165, 1.54) is 9.75 Å². The lowest BCUT2D eigenvalue weighted by Gasteiger charge is -2.38. The van der Waals surface area contributed by atoms with Crippen molar-refractivity contribution >= 4 is 11.3 Å². The Kier molecular flexibility index (Phi) is 4.66. The van der Waals surface area contributed by atoms with Crippen LogP contribution in [-0.4, -0.2) is 37.2 Å². The van der Waals surface area contributed by atoms with E-state index in [1.54, 1.807) is 0 Å². The van der Waals surface area contributed by atoms with Crippen molar-refractivity contribution in [3.63, 3.8) is 0 Å². The molecule has 4 heteroatoms. The van der Waals surface area contributed by atoms with Crippen LogP contribution in [0.2, 0.25) is 0 Å². The molecular formula is C15H26N2OS. The van der Waals surface area contributed by atoms with Crippen LogP contribution in [0.25, 0.3) is 0 Å². The zero-order chi connectivity index (χ0) is 14.0. The van der Waals surface area contributed by atoms with Crippen LogP contribution >= 0.6 is 11.3 Å². The van der Waals surface area contributed by atoms with Gasteiger partial charge in [-0.2, -0.15) is 0 Å². The fraction of sp³-hybridized carbons (Fsp3) is 0.733. The smallest absolute Gasteiger partial charge is 0.0620 e. The van der Waals surface area contributed by atoms with Gasteiger partial charge in [-0.3, -0.25) is 4.90 Å². The van der Waals surface area contributed by atoms with Crippen molar-refractivity contribution in [3.05, 3.63) is 21.9 Å². The molecule has 2 N–H and O–H groups in total. The van der Waals surface area contributed by atoms with Crippen molar-refractivity contribution in [1.29, 1.82) is 0 Å². The Labute approximate surface area is 120 Å². The van der Waals surface area contributed by atoms with Gasteiger partial charge in [0.2, 0.25) is 0 Å². The Morgan fingerprint density at radius 2 is 2.21 bits per heavy atom. The molecule has 19 heavy (non-hydrogen) atoms. The number of hydrogen-bond acceptors (Lipinski definition) is 4. The molecule has 1 aromatic rings. The largest absolute Gasteiger partial charge is 0.379 e. The maximum absolute atomic E-state index is 6.04. The maximum Gasteiger partial charge on any atom is 0.0620 e. The zero-order valence-electron chi connectivity index (χ0n) is 12.5. The molecule has 1 fully saturated rings. The van der Waals surface area contributed by atoms with Gasteiger partial charge in [-0.15, -0.1) is 11.3 Å². The third kappa shape index (κ3) is 3.37. The molecule has 2 unspecified atom stereocenters. The normalized spacial score (nSPS) is 23.5. The van der Waals surface area contributed by atoms with Crippen molar-refractivity contribution in [2.45, 2.75) is 45.2 Å². The summed E-state index contributed by atoms with van der Waals surface area (Å²) in [6.45, 7) is 12.3. The lowest BCUT2D eigenvalue weighted by Crippen LogP contribution is -2.47. The van der Waals surface area contributed by atoms with Crippen LogP contribution in [0.4, 0.5) is 0 Å². The second kappa shape index (κ2) is 5.92. The number of morpholine rings is 1. The number of nitrogens with two attached hydrogens (primary N) is 1. The second-order valence-electron chi connectivity index (χ2n) is 6.37. The van der Waals surface area contributed by atoms with Crippen molar-refractivity contribution in [3.8, 4) is 0 Å². The van der Waals surface area contributed by atoms with Crippen LogP contribution in [0.5, 0.6) is 0 Å². The minimum atomic E-state index is 0.221. The Bertz CT molecular complexity index is 411. The van der Waals surface area contributed by atoms with E-state index < -0.39 is 0 Å². The highest BCUT2D eigenvalue weighted by Gasteiger charge is 2.28. The molecule has 0 saturated carbocycles. The van der Waals surface area contributed by atoms with E-state index in [0.717, 1.165) is 19.8 Å². The summed E-state index contributed by atoms with van der Waals surface area (Å²) in [5.74, 6) is 0. The van der Waals surface area contributed by atoms with Gasteiger partial charge in [-0.25, -0.2) is 0 Å². The fourth-order valence-electron chi connectivity index (χ4n) is 2.55. The topological polar surface area (TPSA) is 38.5 Å². The minimum absolute atomic E-state index is 0.221. The summed E-state index contributed by atoms with van der Waals surface area (Å²) in [7, 11) is 0. The SMILES string of the molecule is CC1COCCN1C(CN)c1ccc(C(C)(C)C)s1. The van der Waals surface area contributed by atoms with Crippen LogP contribution in [0, 0.1) is 0 Å². The van der Waals surface area contributed by atoms with E-state index in [2.05, 4.69) is 44.7 Å². The Hall–Kier alpha value is -0.420. The zero-order valence-corrected chi connectivity index (χ0v) is 13.3. The number of nitrogens with zero attached hydrogens (tertiary/aromatic N) is 1. The molecule has 0 amide bonds. The van der Waals surface area contributed by atoms with Crippen LogP contribution < -0.4 is 5.73 Å². The number of thiophene rings is 1. The van der Waals surface area contributed by atoms with Gasteiger partial charge in [0, 0.05) is 28.9 Å². The molecule has 1 aromatic heterocycles. The van der Waals surface area contributed by atoms with E-state index in [1.807, 2.05) is 11.3 Å². The molecule has 1 saturated heterocycles. The lowest BCUT2D eigenvalue weighted by molar-refractivity contribution is -0.0202. The van der Waals surface area contributed by atoms with Crippen molar-refractivity contribution < 1.29 is 4.74 Å². The summed E-state index contributed by atoms with van der Waals surface area (Å²) in [6, 6.07) is 5.29. The molecule has 2 heterocycles. The molecule has 3 nitrogen and oxygen atoms in total.